The van der Waals surface area contributed by atoms with Gasteiger partial charge in [-0.3, -0.25) is 14.4 Å². The van der Waals surface area contributed by atoms with Gasteiger partial charge in [-0.25, -0.2) is 13.2 Å². The summed E-state index contributed by atoms with van der Waals surface area (Å²) in [7, 11) is 1.27. The number of ether oxygens (including phenoxy) is 1. The van der Waals surface area contributed by atoms with Gasteiger partial charge in [-0.2, -0.15) is 26.3 Å². The largest absolute Gasteiger partial charge is 0.496 e. The maximum absolute atomic E-state index is 13.8. The zero-order valence-corrected chi connectivity index (χ0v) is 26.4. The summed E-state index contributed by atoms with van der Waals surface area (Å²) < 4.78 is 127. The number of anilines is 2. The van der Waals surface area contributed by atoms with E-state index in [9.17, 15) is 53.9 Å². The monoisotopic (exact) mass is 729 g/mol. The summed E-state index contributed by atoms with van der Waals surface area (Å²) in [5, 5.41) is 4.72. The Kier molecular flexibility index (Phi) is 8.77. The first-order valence-electron chi connectivity index (χ1n) is 14.8. The molecule has 2 heterocycles. The van der Waals surface area contributed by atoms with Gasteiger partial charge in [-0.05, 0) is 54.4 Å². The molecule has 1 saturated heterocycles. The van der Waals surface area contributed by atoms with E-state index in [-0.39, 0.29) is 51.0 Å². The third kappa shape index (κ3) is 6.82. The Hall–Kier alpha value is -4.80. The fraction of sp³-hybridized carbons (Fsp3) is 0.303. The van der Waals surface area contributed by atoms with E-state index < -0.39 is 71.0 Å². The zero-order valence-electron chi connectivity index (χ0n) is 25.6. The average molecular weight is 730 g/mol. The highest BCUT2D eigenvalue weighted by molar-refractivity contribution is 7.21. The quantitative estimate of drug-likeness (QED) is 0.187. The number of halogens is 9. The summed E-state index contributed by atoms with van der Waals surface area (Å²) in [5.41, 5.74) is -2.97. The molecule has 50 heavy (non-hydrogen) atoms. The van der Waals surface area contributed by atoms with E-state index in [0.29, 0.717) is 35.5 Å². The molecular weight excluding hydrogens is 705 g/mol. The Morgan fingerprint density at radius 3 is 2.28 bits per heavy atom. The van der Waals surface area contributed by atoms with Crippen molar-refractivity contribution in [3.05, 3.63) is 87.5 Å². The number of benzene rings is 3. The Balaban J connectivity index is 1.32. The smallest absolute Gasteiger partial charge is 0.419 e. The Morgan fingerprint density at radius 2 is 1.64 bits per heavy atom. The molecule has 1 aliphatic heterocycles. The van der Waals surface area contributed by atoms with Crippen LogP contribution in [-0.4, -0.2) is 48.7 Å². The van der Waals surface area contributed by atoms with Crippen molar-refractivity contribution in [3.63, 3.8) is 0 Å². The van der Waals surface area contributed by atoms with Crippen molar-refractivity contribution in [2.24, 2.45) is 5.92 Å². The minimum atomic E-state index is -5.10. The molecule has 1 saturated carbocycles. The van der Waals surface area contributed by atoms with Crippen LogP contribution in [0.15, 0.2) is 54.6 Å². The molecule has 3 aromatic carbocycles. The second kappa shape index (κ2) is 12.5. The Bertz CT molecular complexity index is 2030. The van der Waals surface area contributed by atoms with Gasteiger partial charge in [-0.15, -0.1) is 11.3 Å². The van der Waals surface area contributed by atoms with Crippen LogP contribution < -0.4 is 15.4 Å². The Labute approximate surface area is 281 Å². The van der Waals surface area contributed by atoms with Crippen LogP contribution in [-0.2, 0) is 17.1 Å². The molecule has 2 atom stereocenters. The van der Waals surface area contributed by atoms with E-state index in [2.05, 4.69) is 10.6 Å². The van der Waals surface area contributed by atoms with E-state index in [1.54, 1.807) is 6.07 Å². The number of likely N-dealkylation sites (tertiary alicyclic amines) is 1. The molecule has 6 rings (SSSR count). The average Bonchev–Trinajstić information content (AvgIpc) is 3.35. The number of rotatable bonds is 7. The van der Waals surface area contributed by atoms with Crippen LogP contribution >= 0.6 is 11.3 Å². The number of amides is 3. The molecule has 1 aliphatic carbocycles. The number of nitrogens with zero attached hydrogens (tertiary/aromatic N) is 1. The molecule has 17 heteroatoms. The van der Waals surface area contributed by atoms with Gasteiger partial charge in [0.05, 0.1) is 29.5 Å². The van der Waals surface area contributed by atoms with Crippen molar-refractivity contribution in [1.82, 2.24) is 4.90 Å². The highest BCUT2D eigenvalue weighted by Gasteiger charge is 2.62. The van der Waals surface area contributed by atoms with Crippen molar-refractivity contribution in [2.45, 2.75) is 37.0 Å². The molecule has 2 fully saturated rings. The molecule has 0 radical (unpaired) electrons. The second-order valence-corrected chi connectivity index (χ2v) is 12.9. The summed E-state index contributed by atoms with van der Waals surface area (Å²) in [6.45, 7) is 0.348. The first kappa shape index (κ1) is 35.0. The van der Waals surface area contributed by atoms with Crippen LogP contribution in [0, 0.1) is 11.7 Å². The summed E-state index contributed by atoms with van der Waals surface area (Å²) in [4.78, 5) is 40.7. The van der Waals surface area contributed by atoms with Crippen molar-refractivity contribution >= 4 is 50.5 Å². The molecule has 264 valence electrons. The van der Waals surface area contributed by atoms with Gasteiger partial charge in [0.2, 0.25) is 5.91 Å². The lowest BCUT2D eigenvalue weighted by Gasteiger charge is -2.18. The molecule has 2 aliphatic rings. The number of nitrogens with one attached hydrogen (secondary N) is 2. The predicted octanol–water partition coefficient (Wildman–Crippen LogP) is 8.56. The number of carbonyl (C=O) groups excluding carboxylic acids is 3. The van der Waals surface area contributed by atoms with E-state index in [1.165, 1.54) is 24.1 Å². The molecule has 4 aromatic rings. The first-order chi connectivity index (χ1) is 23.4. The number of hydrogen-bond donors (Lipinski definition) is 2. The maximum Gasteiger partial charge on any atom is 0.419 e. The standard InChI is InChI=1S/C33H24F9N3O4S/c1-49-24-7-2-15(16-8-9-45(14-16)30(48)22-13-31(22,35)36)10-20(24)28(46)44-26-19-5-3-17(32(37,38)39)11-25(19)50-27(26)29(47)43-18-4-6-23(34)21(12-18)33(40,41)42/h2-7,10-12,16,22H,8-9,13-14H2,1H3,(H,43,47)(H,44,46). The number of alkyl halides is 8. The fourth-order valence-electron chi connectivity index (χ4n) is 5.84. The van der Waals surface area contributed by atoms with Gasteiger partial charge in [0.25, 0.3) is 17.7 Å². The Morgan fingerprint density at radius 1 is 0.920 bits per heavy atom. The highest BCUT2D eigenvalue weighted by Crippen LogP contribution is 2.50. The summed E-state index contributed by atoms with van der Waals surface area (Å²) in [6, 6.07) is 8.76. The van der Waals surface area contributed by atoms with Gasteiger partial charge in [0.15, 0.2) is 0 Å². The molecule has 2 N–H and O–H groups in total. The van der Waals surface area contributed by atoms with Crippen LogP contribution in [0.1, 0.15) is 55.5 Å². The SMILES string of the molecule is COc1ccc(C2CCN(C(=O)C3CC3(F)F)C2)cc1C(=O)Nc1c(C(=O)Nc2ccc(F)c(C(F)(F)F)c2)sc2cc(C(F)(F)F)ccc12. The zero-order chi connectivity index (χ0) is 36.3. The minimum absolute atomic E-state index is 0.00790. The van der Waals surface area contributed by atoms with Crippen LogP contribution in [0.4, 0.5) is 50.9 Å². The van der Waals surface area contributed by atoms with Gasteiger partial charge >= 0.3 is 12.4 Å². The second-order valence-electron chi connectivity index (χ2n) is 11.9. The minimum Gasteiger partial charge on any atom is -0.496 e. The molecule has 2 unspecified atom stereocenters. The number of methoxy groups -OCH3 is 1. The van der Waals surface area contributed by atoms with Crippen molar-refractivity contribution in [2.75, 3.05) is 30.8 Å². The lowest BCUT2D eigenvalue weighted by Crippen LogP contribution is -2.31. The lowest BCUT2D eigenvalue weighted by atomic mass is 9.96. The summed E-state index contributed by atoms with van der Waals surface area (Å²) in [6.07, 6.45) is -9.95. The van der Waals surface area contributed by atoms with E-state index in [1.807, 2.05) is 0 Å². The number of carbonyl (C=O) groups is 3. The highest BCUT2D eigenvalue weighted by atomic mass is 32.1. The fourth-order valence-corrected chi connectivity index (χ4v) is 6.93. The van der Waals surface area contributed by atoms with Gasteiger partial charge in [-0.1, -0.05) is 12.1 Å². The molecule has 3 amide bonds. The number of hydrogen-bond acceptors (Lipinski definition) is 5. The van der Waals surface area contributed by atoms with Crippen molar-refractivity contribution < 1.29 is 58.6 Å². The topological polar surface area (TPSA) is 87.7 Å². The third-order valence-electron chi connectivity index (χ3n) is 8.56. The first-order valence-corrected chi connectivity index (χ1v) is 15.7. The van der Waals surface area contributed by atoms with Crippen LogP contribution in [0.25, 0.3) is 10.1 Å². The van der Waals surface area contributed by atoms with Gasteiger partial charge in [0.1, 0.15) is 22.4 Å². The van der Waals surface area contributed by atoms with Crippen LogP contribution in [0.3, 0.4) is 0 Å². The normalized spacial score (nSPS) is 18.6. The molecular formula is C33H24F9N3O4S. The van der Waals surface area contributed by atoms with Crippen molar-refractivity contribution in [3.8, 4) is 5.75 Å². The summed E-state index contributed by atoms with van der Waals surface area (Å²) in [5.74, 6) is -8.87. The molecule has 0 bridgehead atoms. The third-order valence-corrected chi connectivity index (χ3v) is 9.71. The van der Waals surface area contributed by atoms with Gasteiger partial charge in [0, 0.05) is 41.2 Å². The number of thiophene rings is 1. The maximum atomic E-state index is 13.8. The molecule has 1 aromatic heterocycles. The predicted molar refractivity (Wildman–Crippen MR) is 164 cm³/mol. The van der Waals surface area contributed by atoms with Gasteiger partial charge < -0.3 is 20.3 Å². The molecule has 7 nitrogen and oxygen atoms in total. The lowest BCUT2D eigenvalue weighted by molar-refractivity contribution is -0.140. The van der Waals surface area contributed by atoms with Crippen molar-refractivity contribution in [1.29, 1.82) is 0 Å². The van der Waals surface area contributed by atoms with E-state index in [0.717, 1.165) is 24.3 Å². The number of fused-ring (bicyclic) bond motifs is 1. The van der Waals surface area contributed by atoms with Crippen LogP contribution in [0.5, 0.6) is 5.75 Å². The van der Waals surface area contributed by atoms with Crippen LogP contribution in [0.2, 0.25) is 0 Å². The van der Waals surface area contributed by atoms with E-state index >= 15 is 0 Å². The van der Waals surface area contributed by atoms with E-state index in [4.69, 9.17) is 4.74 Å². The molecule has 0 spiro atoms. The summed E-state index contributed by atoms with van der Waals surface area (Å²) >= 11 is 0.530.